The molecule has 0 unspecified atom stereocenters. The van der Waals surface area contributed by atoms with Crippen molar-refractivity contribution in [3.8, 4) is 0 Å². The molecule has 1 aliphatic heterocycles. The van der Waals surface area contributed by atoms with E-state index in [-0.39, 0.29) is 11.1 Å². The molecule has 1 aliphatic rings. The molecule has 0 spiro atoms. The lowest BCUT2D eigenvalue weighted by Crippen LogP contribution is -2.34. The van der Waals surface area contributed by atoms with E-state index in [4.69, 9.17) is 11.6 Å². The van der Waals surface area contributed by atoms with Gasteiger partial charge in [0, 0.05) is 25.8 Å². The number of nitrogens with zero attached hydrogens (tertiary/aromatic N) is 2. The van der Waals surface area contributed by atoms with E-state index >= 15 is 0 Å². The van der Waals surface area contributed by atoms with E-state index in [0.717, 1.165) is 31.8 Å². The Balaban J connectivity index is 2.24. The predicted molar refractivity (Wildman–Crippen MR) is 63.9 cm³/mol. The molecule has 100 valence electrons. The van der Waals surface area contributed by atoms with Gasteiger partial charge in [0.15, 0.2) is 0 Å². The SMILES string of the molecule is CN(c1ncc(C(F)(F)F)cc1Cl)[C@@H]1CCNC1. The Morgan fingerprint density at radius 2 is 2.22 bits per heavy atom. The molecular weight excluding hydrogens is 267 g/mol. The van der Waals surface area contributed by atoms with Gasteiger partial charge in [-0.3, -0.25) is 0 Å². The number of alkyl halides is 3. The van der Waals surface area contributed by atoms with Crippen molar-refractivity contribution in [3.05, 3.63) is 22.8 Å². The van der Waals surface area contributed by atoms with E-state index in [1.54, 1.807) is 7.05 Å². The van der Waals surface area contributed by atoms with Crippen LogP contribution in [0.5, 0.6) is 0 Å². The third kappa shape index (κ3) is 2.70. The molecule has 2 rings (SSSR count). The Bertz CT molecular complexity index is 430. The quantitative estimate of drug-likeness (QED) is 0.902. The maximum atomic E-state index is 12.5. The molecule has 1 atom stereocenters. The summed E-state index contributed by atoms with van der Waals surface area (Å²) >= 11 is 5.88. The zero-order valence-corrected chi connectivity index (χ0v) is 10.5. The summed E-state index contributed by atoms with van der Waals surface area (Å²) in [7, 11) is 1.79. The minimum atomic E-state index is -4.41. The van der Waals surface area contributed by atoms with Crippen LogP contribution in [0.4, 0.5) is 19.0 Å². The van der Waals surface area contributed by atoms with Crippen molar-refractivity contribution >= 4 is 17.4 Å². The fourth-order valence-corrected chi connectivity index (χ4v) is 2.29. The molecule has 0 amide bonds. The Labute approximate surface area is 108 Å². The number of likely N-dealkylation sites (N-methyl/N-ethyl adjacent to an activating group) is 1. The van der Waals surface area contributed by atoms with Gasteiger partial charge >= 0.3 is 6.18 Å². The first-order chi connectivity index (χ1) is 8.39. The van der Waals surface area contributed by atoms with Crippen molar-refractivity contribution < 1.29 is 13.2 Å². The monoisotopic (exact) mass is 279 g/mol. The van der Waals surface area contributed by atoms with Crippen LogP contribution >= 0.6 is 11.6 Å². The number of nitrogens with one attached hydrogen (secondary N) is 1. The predicted octanol–water partition coefficient (Wildman–Crippen LogP) is 2.55. The van der Waals surface area contributed by atoms with Gasteiger partial charge < -0.3 is 10.2 Å². The van der Waals surface area contributed by atoms with Gasteiger partial charge in [-0.1, -0.05) is 11.6 Å². The highest BCUT2D eigenvalue weighted by molar-refractivity contribution is 6.33. The normalized spacial score (nSPS) is 20.2. The molecule has 1 N–H and O–H groups in total. The van der Waals surface area contributed by atoms with Gasteiger partial charge in [0.2, 0.25) is 0 Å². The zero-order valence-electron chi connectivity index (χ0n) is 9.76. The molecule has 7 heteroatoms. The summed E-state index contributed by atoms with van der Waals surface area (Å²) in [5, 5.41) is 3.21. The average molecular weight is 280 g/mol. The molecule has 0 aromatic carbocycles. The summed E-state index contributed by atoms with van der Waals surface area (Å²) in [5.41, 5.74) is -0.825. The van der Waals surface area contributed by atoms with Gasteiger partial charge in [-0.25, -0.2) is 4.98 Å². The summed E-state index contributed by atoms with van der Waals surface area (Å²) < 4.78 is 37.4. The van der Waals surface area contributed by atoms with Crippen LogP contribution in [0.2, 0.25) is 5.02 Å². The fraction of sp³-hybridized carbons (Fsp3) is 0.545. The zero-order chi connectivity index (χ0) is 13.3. The molecule has 2 heterocycles. The average Bonchev–Trinajstić information content (AvgIpc) is 2.80. The van der Waals surface area contributed by atoms with Crippen LogP contribution in [0.1, 0.15) is 12.0 Å². The highest BCUT2D eigenvalue weighted by Crippen LogP contribution is 2.33. The fourth-order valence-electron chi connectivity index (χ4n) is 1.99. The molecule has 1 fully saturated rings. The summed E-state index contributed by atoms with van der Waals surface area (Å²) in [4.78, 5) is 5.66. The van der Waals surface area contributed by atoms with Crippen molar-refractivity contribution in [1.82, 2.24) is 10.3 Å². The van der Waals surface area contributed by atoms with E-state index in [2.05, 4.69) is 10.3 Å². The molecule has 1 aromatic rings. The van der Waals surface area contributed by atoms with E-state index in [1.165, 1.54) is 0 Å². The van der Waals surface area contributed by atoms with Crippen LogP contribution in [0, 0.1) is 0 Å². The maximum absolute atomic E-state index is 12.5. The third-order valence-corrected chi connectivity index (χ3v) is 3.34. The number of aromatic nitrogens is 1. The summed E-state index contributed by atoms with van der Waals surface area (Å²) in [6.45, 7) is 1.68. The van der Waals surface area contributed by atoms with E-state index in [1.807, 2.05) is 4.90 Å². The van der Waals surface area contributed by atoms with Gasteiger partial charge in [-0.2, -0.15) is 13.2 Å². The number of rotatable bonds is 2. The van der Waals surface area contributed by atoms with Crippen molar-refractivity contribution in [2.45, 2.75) is 18.6 Å². The number of anilines is 1. The number of pyridine rings is 1. The lowest BCUT2D eigenvalue weighted by atomic mass is 10.2. The second-order valence-corrected chi connectivity index (χ2v) is 4.69. The van der Waals surface area contributed by atoms with Crippen LogP contribution in [-0.4, -0.2) is 31.2 Å². The van der Waals surface area contributed by atoms with Crippen LogP contribution in [-0.2, 0) is 6.18 Å². The van der Waals surface area contributed by atoms with Crippen molar-refractivity contribution in [3.63, 3.8) is 0 Å². The Morgan fingerprint density at radius 1 is 1.50 bits per heavy atom. The lowest BCUT2D eigenvalue weighted by molar-refractivity contribution is -0.137. The molecule has 1 saturated heterocycles. The largest absolute Gasteiger partial charge is 0.417 e. The first-order valence-corrected chi connectivity index (χ1v) is 5.93. The van der Waals surface area contributed by atoms with E-state index in [0.29, 0.717) is 5.82 Å². The lowest BCUT2D eigenvalue weighted by Gasteiger charge is -2.26. The summed E-state index contributed by atoms with van der Waals surface area (Å²) in [5.74, 6) is 0.387. The van der Waals surface area contributed by atoms with Crippen LogP contribution in [0.15, 0.2) is 12.3 Å². The van der Waals surface area contributed by atoms with Gasteiger partial charge in [-0.05, 0) is 19.0 Å². The Morgan fingerprint density at radius 3 is 2.72 bits per heavy atom. The van der Waals surface area contributed by atoms with E-state index in [9.17, 15) is 13.2 Å². The highest BCUT2D eigenvalue weighted by Gasteiger charge is 2.32. The summed E-state index contributed by atoms with van der Waals surface area (Å²) in [6, 6.07) is 1.13. The molecule has 3 nitrogen and oxygen atoms in total. The third-order valence-electron chi connectivity index (χ3n) is 3.07. The highest BCUT2D eigenvalue weighted by atomic mass is 35.5. The number of halogens is 4. The van der Waals surface area contributed by atoms with Gasteiger partial charge in [0.25, 0.3) is 0 Å². The van der Waals surface area contributed by atoms with Crippen molar-refractivity contribution in [1.29, 1.82) is 0 Å². The molecule has 1 aromatic heterocycles. The number of hydrogen-bond donors (Lipinski definition) is 1. The van der Waals surface area contributed by atoms with Gasteiger partial charge in [-0.15, -0.1) is 0 Å². The standard InChI is InChI=1S/C11H13ClF3N3/c1-18(8-2-3-16-6-8)10-9(12)4-7(5-17-10)11(13,14)15/h4-5,8,16H,2-3,6H2,1H3/t8-/m1/s1. The minimum Gasteiger partial charge on any atom is -0.354 e. The van der Waals surface area contributed by atoms with Crippen LogP contribution in [0.3, 0.4) is 0 Å². The Kier molecular flexibility index (Phi) is 3.68. The van der Waals surface area contributed by atoms with E-state index < -0.39 is 11.7 Å². The Hall–Kier alpha value is -1.01. The van der Waals surface area contributed by atoms with Crippen LogP contribution in [0.25, 0.3) is 0 Å². The summed E-state index contributed by atoms with van der Waals surface area (Å²) in [6.07, 6.45) is -2.67. The first kappa shape index (κ1) is 13.4. The molecule has 18 heavy (non-hydrogen) atoms. The van der Waals surface area contributed by atoms with Gasteiger partial charge in [0.05, 0.1) is 10.6 Å². The first-order valence-electron chi connectivity index (χ1n) is 5.56. The molecule has 0 radical (unpaired) electrons. The molecule has 0 bridgehead atoms. The van der Waals surface area contributed by atoms with Crippen molar-refractivity contribution in [2.24, 2.45) is 0 Å². The minimum absolute atomic E-state index is 0.0271. The molecular formula is C11H13ClF3N3. The second-order valence-electron chi connectivity index (χ2n) is 4.28. The number of hydrogen-bond acceptors (Lipinski definition) is 3. The van der Waals surface area contributed by atoms with Gasteiger partial charge in [0.1, 0.15) is 5.82 Å². The maximum Gasteiger partial charge on any atom is 0.417 e. The van der Waals surface area contributed by atoms with Crippen molar-refractivity contribution in [2.75, 3.05) is 25.0 Å². The molecule has 0 saturated carbocycles. The second kappa shape index (κ2) is 4.93. The van der Waals surface area contributed by atoms with Crippen LogP contribution < -0.4 is 10.2 Å². The topological polar surface area (TPSA) is 28.2 Å². The molecule has 0 aliphatic carbocycles. The smallest absolute Gasteiger partial charge is 0.354 e.